The van der Waals surface area contributed by atoms with Crippen LogP contribution in [0.5, 0.6) is 0 Å². The Morgan fingerprint density at radius 3 is 2.73 bits per heavy atom. The van der Waals surface area contributed by atoms with Crippen molar-refractivity contribution in [1.29, 1.82) is 0 Å². The lowest BCUT2D eigenvalue weighted by Gasteiger charge is -2.24. The van der Waals surface area contributed by atoms with E-state index in [0.717, 1.165) is 12.8 Å². The molecule has 0 bridgehead atoms. The third-order valence-electron chi connectivity index (χ3n) is 4.23. The number of ether oxygens (including phenoxy) is 1. The monoisotopic (exact) mass is 309 g/mol. The third kappa shape index (κ3) is 4.85. The Hall–Kier alpha value is -1.33. The summed E-state index contributed by atoms with van der Waals surface area (Å²) in [5.41, 5.74) is -1.22. The molecule has 1 aliphatic rings. The molecule has 0 aromatic carbocycles. The van der Waals surface area contributed by atoms with Gasteiger partial charge in [0.2, 0.25) is 5.91 Å². The number of hydrogen-bond donors (Lipinski definition) is 2. The number of furan rings is 1. The summed E-state index contributed by atoms with van der Waals surface area (Å²) in [7, 11) is 0. The average Bonchev–Trinajstić information content (AvgIpc) is 2.92. The standard InChI is InChI=1S/C17H27NO4/c1-13(22-14-8-5-3-4-6-9-14)16(19)18-12-17(2,20)15-10-7-11-21-15/h7,10-11,13-14,20H,3-6,8-9,12H2,1-2H3,(H,18,19). The molecule has 2 unspecified atom stereocenters. The first-order chi connectivity index (χ1) is 10.5. The highest BCUT2D eigenvalue weighted by Crippen LogP contribution is 2.22. The number of carbonyl (C=O) groups is 1. The molecule has 5 nitrogen and oxygen atoms in total. The predicted molar refractivity (Wildman–Crippen MR) is 83.3 cm³/mol. The average molecular weight is 309 g/mol. The van der Waals surface area contributed by atoms with E-state index in [4.69, 9.17) is 9.15 Å². The zero-order valence-electron chi connectivity index (χ0n) is 13.5. The topological polar surface area (TPSA) is 71.7 Å². The molecule has 0 spiro atoms. The van der Waals surface area contributed by atoms with E-state index >= 15 is 0 Å². The Morgan fingerprint density at radius 1 is 1.45 bits per heavy atom. The number of rotatable bonds is 6. The Labute approximate surface area is 132 Å². The largest absolute Gasteiger partial charge is 0.466 e. The number of aliphatic hydroxyl groups is 1. The van der Waals surface area contributed by atoms with Crippen molar-refractivity contribution in [2.24, 2.45) is 0 Å². The summed E-state index contributed by atoms with van der Waals surface area (Å²) in [6.07, 6.45) is 8.09. The van der Waals surface area contributed by atoms with Gasteiger partial charge in [-0.25, -0.2) is 0 Å². The zero-order chi connectivity index (χ0) is 16.0. The number of carbonyl (C=O) groups excluding carboxylic acids is 1. The van der Waals surface area contributed by atoms with Crippen molar-refractivity contribution in [2.75, 3.05) is 6.54 Å². The van der Waals surface area contributed by atoms with E-state index in [9.17, 15) is 9.90 Å². The van der Waals surface area contributed by atoms with Gasteiger partial charge in [-0.1, -0.05) is 25.7 Å². The molecule has 1 aliphatic carbocycles. The first kappa shape index (κ1) is 17.0. The fourth-order valence-corrected chi connectivity index (χ4v) is 2.80. The maximum Gasteiger partial charge on any atom is 0.248 e. The molecule has 0 saturated heterocycles. The second-order valence-corrected chi connectivity index (χ2v) is 6.36. The van der Waals surface area contributed by atoms with Crippen LogP contribution in [0.4, 0.5) is 0 Å². The zero-order valence-corrected chi connectivity index (χ0v) is 13.5. The summed E-state index contributed by atoms with van der Waals surface area (Å²) < 4.78 is 11.1. The molecule has 0 radical (unpaired) electrons. The van der Waals surface area contributed by atoms with E-state index in [-0.39, 0.29) is 18.6 Å². The Morgan fingerprint density at radius 2 is 2.14 bits per heavy atom. The molecule has 1 amide bonds. The smallest absolute Gasteiger partial charge is 0.248 e. The number of nitrogens with one attached hydrogen (secondary N) is 1. The van der Waals surface area contributed by atoms with Crippen LogP contribution in [0.3, 0.4) is 0 Å². The lowest BCUT2D eigenvalue weighted by molar-refractivity contribution is -0.137. The fraction of sp³-hybridized carbons (Fsp3) is 0.706. The third-order valence-corrected chi connectivity index (χ3v) is 4.23. The molecule has 1 heterocycles. The lowest BCUT2D eigenvalue weighted by Crippen LogP contribution is -2.43. The van der Waals surface area contributed by atoms with E-state index < -0.39 is 11.7 Å². The minimum absolute atomic E-state index is 0.0950. The van der Waals surface area contributed by atoms with Crippen molar-refractivity contribution in [3.63, 3.8) is 0 Å². The number of hydrogen-bond acceptors (Lipinski definition) is 4. The van der Waals surface area contributed by atoms with E-state index in [1.54, 1.807) is 26.0 Å². The maximum atomic E-state index is 12.1. The molecule has 5 heteroatoms. The minimum atomic E-state index is -1.22. The molecule has 1 fully saturated rings. The van der Waals surface area contributed by atoms with Crippen LogP contribution in [0, 0.1) is 0 Å². The van der Waals surface area contributed by atoms with Gasteiger partial charge in [-0.3, -0.25) is 4.79 Å². The van der Waals surface area contributed by atoms with Crippen molar-refractivity contribution in [3.05, 3.63) is 24.2 Å². The Bertz CT molecular complexity index is 447. The van der Waals surface area contributed by atoms with Gasteiger partial charge in [0.25, 0.3) is 0 Å². The summed E-state index contributed by atoms with van der Waals surface area (Å²) in [5.74, 6) is 0.237. The summed E-state index contributed by atoms with van der Waals surface area (Å²) in [6, 6.07) is 3.40. The highest BCUT2D eigenvalue weighted by molar-refractivity contribution is 5.80. The van der Waals surface area contributed by atoms with E-state index in [2.05, 4.69) is 5.32 Å². The van der Waals surface area contributed by atoms with Crippen LogP contribution in [0.15, 0.2) is 22.8 Å². The Kier molecular flexibility index (Phi) is 6.03. The molecule has 1 aromatic rings. The second kappa shape index (κ2) is 7.79. The Balaban J connectivity index is 1.78. The second-order valence-electron chi connectivity index (χ2n) is 6.36. The van der Waals surface area contributed by atoms with Gasteiger partial charge < -0.3 is 19.6 Å². The summed E-state index contributed by atoms with van der Waals surface area (Å²) in [4.78, 5) is 12.1. The summed E-state index contributed by atoms with van der Waals surface area (Å²) >= 11 is 0. The molecule has 0 aliphatic heterocycles. The number of amides is 1. The van der Waals surface area contributed by atoms with Gasteiger partial charge in [0, 0.05) is 0 Å². The predicted octanol–water partition coefficient (Wildman–Crippen LogP) is 2.73. The maximum absolute atomic E-state index is 12.1. The van der Waals surface area contributed by atoms with Crippen molar-refractivity contribution < 1.29 is 19.1 Å². The van der Waals surface area contributed by atoms with Gasteiger partial charge in [-0.2, -0.15) is 0 Å². The normalized spacial score (nSPS) is 20.9. The molecule has 1 saturated carbocycles. The van der Waals surface area contributed by atoms with Gasteiger partial charge in [-0.05, 0) is 38.8 Å². The highest BCUT2D eigenvalue weighted by atomic mass is 16.5. The van der Waals surface area contributed by atoms with Crippen LogP contribution < -0.4 is 5.32 Å². The molecule has 2 rings (SSSR count). The minimum Gasteiger partial charge on any atom is -0.466 e. The molecule has 2 N–H and O–H groups in total. The van der Waals surface area contributed by atoms with Crippen molar-refractivity contribution in [3.8, 4) is 0 Å². The van der Waals surface area contributed by atoms with Crippen LogP contribution in [-0.2, 0) is 15.1 Å². The van der Waals surface area contributed by atoms with Crippen LogP contribution in [-0.4, -0.2) is 29.8 Å². The van der Waals surface area contributed by atoms with Gasteiger partial charge in [0.15, 0.2) is 0 Å². The van der Waals surface area contributed by atoms with Crippen molar-refractivity contribution in [2.45, 2.75) is 70.2 Å². The van der Waals surface area contributed by atoms with Gasteiger partial charge in [-0.15, -0.1) is 0 Å². The van der Waals surface area contributed by atoms with E-state index in [1.807, 2.05) is 0 Å². The van der Waals surface area contributed by atoms with E-state index in [1.165, 1.54) is 31.9 Å². The molecule has 124 valence electrons. The van der Waals surface area contributed by atoms with Crippen molar-refractivity contribution in [1.82, 2.24) is 5.32 Å². The van der Waals surface area contributed by atoms with E-state index in [0.29, 0.717) is 5.76 Å². The molecule has 2 atom stereocenters. The quantitative estimate of drug-likeness (QED) is 0.793. The van der Waals surface area contributed by atoms with Gasteiger partial charge in [0.1, 0.15) is 17.5 Å². The SMILES string of the molecule is CC(OC1CCCCCC1)C(=O)NCC(C)(O)c1ccco1. The van der Waals surface area contributed by atoms with Crippen LogP contribution in [0.1, 0.15) is 58.1 Å². The highest BCUT2D eigenvalue weighted by Gasteiger charge is 2.28. The van der Waals surface area contributed by atoms with Crippen LogP contribution >= 0.6 is 0 Å². The van der Waals surface area contributed by atoms with Gasteiger partial charge in [0.05, 0.1) is 18.9 Å². The lowest BCUT2D eigenvalue weighted by atomic mass is 10.0. The first-order valence-corrected chi connectivity index (χ1v) is 8.18. The summed E-state index contributed by atoms with van der Waals surface area (Å²) in [6.45, 7) is 3.47. The molecule has 22 heavy (non-hydrogen) atoms. The molecule has 1 aromatic heterocycles. The van der Waals surface area contributed by atoms with Crippen molar-refractivity contribution >= 4 is 5.91 Å². The molecular formula is C17H27NO4. The molecular weight excluding hydrogens is 282 g/mol. The van der Waals surface area contributed by atoms with Crippen LogP contribution in [0.2, 0.25) is 0 Å². The van der Waals surface area contributed by atoms with Gasteiger partial charge >= 0.3 is 0 Å². The summed E-state index contributed by atoms with van der Waals surface area (Å²) in [5, 5.41) is 13.1. The first-order valence-electron chi connectivity index (χ1n) is 8.18. The van der Waals surface area contributed by atoms with Crippen LogP contribution in [0.25, 0.3) is 0 Å². The fourth-order valence-electron chi connectivity index (χ4n) is 2.80.